The van der Waals surface area contributed by atoms with E-state index in [0.717, 1.165) is 11.8 Å². The van der Waals surface area contributed by atoms with E-state index < -0.39 is 12.1 Å². The number of hydrogen-bond acceptors (Lipinski definition) is 4. The van der Waals surface area contributed by atoms with Crippen LogP contribution in [0.25, 0.3) is 0 Å². The summed E-state index contributed by atoms with van der Waals surface area (Å²) >= 11 is 19.5. The molecule has 3 nitrogen and oxygen atoms in total. The summed E-state index contributed by atoms with van der Waals surface area (Å²) in [5.74, 6) is -0.707. The monoisotopic (exact) mass is 400 g/mol. The Bertz CT molecular complexity index is 815. The van der Waals surface area contributed by atoms with Gasteiger partial charge in [-0.1, -0.05) is 64.8 Å². The third kappa shape index (κ3) is 3.52. The normalized spacial score (nSPS) is 17.8. The number of cyclic esters (lactones) is 1. The van der Waals surface area contributed by atoms with Crippen LogP contribution in [0.3, 0.4) is 0 Å². The van der Waals surface area contributed by atoms with Crippen molar-refractivity contribution < 1.29 is 14.6 Å². The highest BCUT2D eigenvalue weighted by atomic mass is 35.5. The molecule has 1 heterocycles. The van der Waals surface area contributed by atoms with Crippen molar-refractivity contribution in [1.29, 1.82) is 0 Å². The molecule has 0 aromatic heterocycles. The molecule has 1 atom stereocenters. The minimum absolute atomic E-state index is 0.0721. The van der Waals surface area contributed by atoms with E-state index in [2.05, 4.69) is 0 Å². The number of benzene rings is 2. The second kappa shape index (κ2) is 7.28. The number of halogens is 3. The summed E-state index contributed by atoms with van der Waals surface area (Å²) < 4.78 is 5.44. The number of esters is 1. The molecule has 7 heteroatoms. The zero-order valence-corrected chi connectivity index (χ0v) is 15.2. The van der Waals surface area contributed by atoms with Crippen molar-refractivity contribution in [2.45, 2.75) is 17.4 Å². The lowest BCUT2D eigenvalue weighted by atomic mass is 10.0. The third-order valence-electron chi connectivity index (χ3n) is 3.45. The van der Waals surface area contributed by atoms with Gasteiger partial charge in [-0.2, -0.15) is 0 Å². The van der Waals surface area contributed by atoms with Crippen molar-refractivity contribution in [3.8, 4) is 0 Å². The van der Waals surface area contributed by atoms with Gasteiger partial charge in [0, 0.05) is 26.9 Å². The van der Waals surface area contributed by atoms with Crippen molar-refractivity contribution >= 4 is 52.5 Å². The number of aliphatic hydroxyl groups excluding tert-OH is 1. The first-order valence-electron chi connectivity index (χ1n) is 6.96. The van der Waals surface area contributed by atoms with Crippen LogP contribution in [-0.4, -0.2) is 11.1 Å². The Hall–Kier alpha value is -1.33. The number of ether oxygens (including phenoxy) is 1. The second-order valence-electron chi connectivity index (χ2n) is 5.04. The molecule has 0 radical (unpaired) electrons. The van der Waals surface area contributed by atoms with Gasteiger partial charge in [-0.25, -0.2) is 4.79 Å². The van der Waals surface area contributed by atoms with Crippen molar-refractivity contribution in [3.05, 3.63) is 73.8 Å². The minimum Gasteiger partial charge on any atom is -0.511 e. The molecule has 1 N–H and O–H groups in total. The predicted molar refractivity (Wildman–Crippen MR) is 96.9 cm³/mol. The topological polar surface area (TPSA) is 46.5 Å². The molecular weight excluding hydrogens is 391 g/mol. The number of thioether (sulfide) groups is 1. The maximum atomic E-state index is 12.3. The van der Waals surface area contributed by atoms with E-state index in [9.17, 15) is 9.90 Å². The molecule has 0 fully saturated rings. The standard InChI is InChI=1S/C17H11Cl3O3S/c18-9-4-1-2-7-14(9)24-16-12(21)8-13(23-17(16)22)15-10(19)5-3-6-11(15)20/h1-7,13,21H,8H2. The van der Waals surface area contributed by atoms with E-state index in [-0.39, 0.29) is 17.1 Å². The van der Waals surface area contributed by atoms with Gasteiger partial charge in [0.2, 0.25) is 0 Å². The number of aliphatic hydroxyl groups is 1. The molecule has 0 bridgehead atoms. The van der Waals surface area contributed by atoms with Gasteiger partial charge in [0.15, 0.2) is 0 Å². The minimum atomic E-state index is -0.728. The summed E-state index contributed by atoms with van der Waals surface area (Å²) in [6, 6.07) is 12.1. The van der Waals surface area contributed by atoms with Crippen molar-refractivity contribution in [2.75, 3.05) is 0 Å². The molecule has 24 heavy (non-hydrogen) atoms. The molecule has 0 aliphatic carbocycles. The molecule has 2 aromatic carbocycles. The lowest BCUT2D eigenvalue weighted by Crippen LogP contribution is -2.20. The van der Waals surface area contributed by atoms with Gasteiger partial charge in [-0.3, -0.25) is 0 Å². The molecule has 124 valence electrons. The Labute approximate surface area is 158 Å². The van der Waals surface area contributed by atoms with E-state index >= 15 is 0 Å². The van der Waals surface area contributed by atoms with Gasteiger partial charge in [0.05, 0.1) is 5.02 Å². The highest BCUT2D eigenvalue weighted by Crippen LogP contribution is 2.43. The Morgan fingerprint density at radius 1 is 1.00 bits per heavy atom. The average Bonchev–Trinajstić information content (AvgIpc) is 2.52. The Balaban J connectivity index is 1.90. The van der Waals surface area contributed by atoms with Crippen molar-refractivity contribution in [3.63, 3.8) is 0 Å². The quantitative estimate of drug-likeness (QED) is 0.622. The number of hydrogen-bond donors (Lipinski definition) is 1. The summed E-state index contributed by atoms with van der Waals surface area (Å²) in [6.07, 6.45) is -0.628. The van der Waals surface area contributed by atoms with Gasteiger partial charge < -0.3 is 9.84 Å². The second-order valence-corrected chi connectivity index (χ2v) is 7.32. The van der Waals surface area contributed by atoms with Crippen LogP contribution in [0.1, 0.15) is 18.1 Å². The van der Waals surface area contributed by atoms with Crippen LogP contribution < -0.4 is 0 Å². The molecule has 0 spiro atoms. The van der Waals surface area contributed by atoms with Crippen LogP contribution in [-0.2, 0) is 9.53 Å². The van der Waals surface area contributed by atoms with Crippen LogP contribution in [0.15, 0.2) is 58.0 Å². The fourth-order valence-electron chi connectivity index (χ4n) is 2.33. The van der Waals surface area contributed by atoms with Gasteiger partial charge in [-0.15, -0.1) is 0 Å². The molecule has 1 unspecified atom stereocenters. The van der Waals surface area contributed by atoms with Gasteiger partial charge >= 0.3 is 5.97 Å². The highest BCUT2D eigenvalue weighted by molar-refractivity contribution is 8.04. The first-order valence-corrected chi connectivity index (χ1v) is 8.91. The average molecular weight is 402 g/mol. The van der Waals surface area contributed by atoms with E-state index in [4.69, 9.17) is 39.5 Å². The lowest BCUT2D eigenvalue weighted by molar-refractivity contribution is -0.146. The fourth-order valence-corrected chi connectivity index (χ4v) is 4.08. The first-order chi connectivity index (χ1) is 11.5. The Morgan fingerprint density at radius 2 is 1.62 bits per heavy atom. The van der Waals surface area contributed by atoms with Gasteiger partial charge in [0.25, 0.3) is 0 Å². The molecule has 2 aromatic rings. The van der Waals surface area contributed by atoms with Crippen molar-refractivity contribution in [1.82, 2.24) is 0 Å². The summed E-state index contributed by atoms with van der Waals surface area (Å²) in [6.45, 7) is 0. The van der Waals surface area contributed by atoms with E-state index in [1.54, 1.807) is 42.5 Å². The van der Waals surface area contributed by atoms with E-state index in [0.29, 0.717) is 25.5 Å². The van der Waals surface area contributed by atoms with Gasteiger partial charge in [-0.05, 0) is 24.3 Å². The molecule has 0 saturated carbocycles. The predicted octanol–water partition coefficient (Wildman–Crippen LogP) is 6.20. The van der Waals surface area contributed by atoms with Crippen LogP contribution in [0.2, 0.25) is 15.1 Å². The molecule has 1 aliphatic heterocycles. The summed E-state index contributed by atoms with van der Waals surface area (Å²) in [5, 5.41) is 11.6. The van der Waals surface area contributed by atoms with Crippen LogP contribution >= 0.6 is 46.6 Å². The Morgan fingerprint density at radius 3 is 2.25 bits per heavy atom. The zero-order valence-electron chi connectivity index (χ0n) is 12.1. The molecule has 0 saturated heterocycles. The summed E-state index contributed by atoms with van der Waals surface area (Å²) in [5.41, 5.74) is 0.488. The Kier molecular flexibility index (Phi) is 5.30. The number of rotatable bonds is 3. The molecule has 0 amide bonds. The lowest BCUT2D eigenvalue weighted by Gasteiger charge is -2.25. The highest BCUT2D eigenvalue weighted by Gasteiger charge is 2.33. The smallest absolute Gasteiger partial charge is 0.349 e. The maximum Gasteiger partial charge on any atom is 0.349 e. The van der Waals surface area contributed by atoms with Crippen molar-refractivity contribution in [2.24, 2.45) is 0 Å². The first kappa shape index (κ1) is 17.5. The summed E-state index contributed by atoms with van der Waals surface area (Å²) in [7, 11) is 0. The largest absolute Gasteiger partial charge is 0.511 e. The zero-order chi connectivity index (χ0) is 17.3. The van der Waals surface area contributed by atoms with Crippen LogP contribution in [0, 0.1) is 0 Å². The molecular formula is C17H11Cl3O3S. The third-order valence-corrected chi connectivity index (χ3v) is 5.73. The fraction of sp³-hybridized carbons (Fsp3) is 0.118. The number of carbonyl (C=O) groups excluding carboxylic acids is 1. The van der Waals surface area contributed by atoms with E-state index in [1.165, 1.54) is 0 Å². The SMILES string of the molecule is O=C1OC(c2c(Cl)cccc2Cl)CC(O)=C1Sc1ccccc1Cl. The van der Waals surface area contributed by atoms with Crippen LogP contribution in [0.5, 0.6) is 0 Å². The summed E-state index contributed by atoms with van der Waals surface area (Å²) in [4.78, 5) is 13.1. The van der Waals surface area contributed by atoms with Crippen LogP contribution in [0.4, 0.5) is 0 Å². The maximum absolute atomic E-state index is 12.3. The number of carbonyl (C=O) groups is 1. The molecule has 1 aliphatic rings. The van der Waals surface area contributed by atoms with Gasteiger partial charge in [0.1, 0.15) is 16.8 Å². The molecule has 3 rings (SSSR count). The van der Waals surface area contributed by atoms with E-state index in [1.807, 2.05) is 0 Å².